The fraction of sp³-hybridized carbons (Fsp3) is 0.562. The minimum Gasteiger partial charge on any atom is -0.493 e. The largest absolute Gasteiger partial charge is 0.493 e. The van der Waals surface area contributed by atoms with Gasteiger partial charge in [0.15, 0.2) is 11.5 Å². The molecular weight excluding hydrogens is 268 g/mol. The zero-order valence-corrected chi connectivity index (χ0v) is 12.9. The van der Waals surface area contributed by atoms with Crippen LogP contribution in [0.25, 0.3) is 0 Å². The number of hydrogen-bond acceptors (Lipinski definition) is 5. The molecule has 0 aromatic heterocycles. The molecule has 1 aromatic rings. The van der Waals surface area contributed by atoms with Crippen LogP contribution in [0.1, 0.15) is 16.8 Å². The molecule has 5 heteroatoms. The van der Waals surface area contributed by atoms with Crippen LogP contribution in [-0.4, -0.2) is 69.6 Å². The Morgan fingerprint density at radius 3 is 2.62 bits per heavy atom. The van der Waals surface area contributed by atoms with Gasteiger partial charge < -0.3 is 19.3 Å². The SMILES string of the molecule is COc1cc(C=O)ccc1OCCCN1CCN(C)CC1. The fourth-order valence-corrected chi connectivity index (χ4v) is 2.42. The molecule has 0 N–H and O–H groups in total. The van der Waals surface area contributed by atoms with Gasteiger partial charge in [-0.3, -0.25) is 4.79 Å². The van der Waals surface area contributed by atoms with Gasteiger partial charge in [-0.15, -0.1) is 0 Å². The van der Waals surface area contributed by atoms with Crippen LogP contribution in [0.15, 0.2) is 18.2 Å². The van der Waals surface area contributed by atoms with Gasteiger partial charge in [0.1, 0.15) is 6.29 Å². The van der Waals surface area contributed by atoms with Gasteiger partial charge in [-0.05, 0) is 31.7 Å². The predicted octanol–water partition coefficient (Wildman–Crippen LogP) is 1.52. The number of methoxy groups -OCH3 is 1. The molecule has 1 aromatic carbocycles. The monoisotopic (exact) mass is 292 g/mol. The van der Waals surface area contributed by atoms with Crippen molar-refractivity contribution in [3.8, 4) is 11.5 Å². The van der Waals surface area contributed by atoms with Crippen molar-refractivity contribution in [2.75, 3.05) is 53.5 Å². The van der Waals surface area contributed by atoms with Crippen molar-refractivity contribution >= 4 is 6.29 Å². The van der Waals surface area contributed by atoms with Crippen molar-refractivity contribution in [2.45, 2.75) is 6.42 Å². The zero-order chi connectivity index (χ0) is 15.1. The first-order valence-corrected chi connectivity index (χ1v) is 7.40. The number of hydrogen-bond donors (Lipinski definition) is 0. The maximum Gasteiger partial charge on any atom is 0.161 e. The molecule has 5 nitrogen and oxygen atoms in total. The van der Waals surface area contributed by atoms with Crippen molar-refractivity contribution in [3.05, 3.63) is 23.8 Å². The molecule has 2 rings (SSSR count). The summed E-state index contributed by atoms with van der Waals surface area (Å²) < 4.78 is 11.0. The molecule has 1 saturated heterocycles. The summed E-state index contributed by atoms with van der Waals surface area (Å²) in [5.74, 6) is 1.31. The lowest BCUT2D eigenvalue weighted by atomic mass is 10.2. The number of carbonyl (C=O) groups is 1. The van der Waals surface area contributed by atoms with E-state index in [2.05, 4.69) is 16.8 Å². The third-order valence-corrected chi connectivity index (χ3v) is 3.80. The third kappa shape index (κ3) is 4.72. The highest BCUT2D eigenvalue weighted by Crippen LogP contribution is 2.27. The van der Waals surface area contributed by atoms with Crippen molar-refractivity contribution in [1.82, 2.24) is 9.80 Å². The number of aldehydes is 1. The van der Waals surface area contributed by atoms with E-state index in [1.165, 1.54) is 0 Å². The zero-order valence-electron chi connectivity index (χ0n) is 12.9. The van der Waals surface area contributed by atoms with Crippen LogP contribution in [0, 0.1) is 0 Å². The van der Waals surface area contributed by atoms with Crippen LogP contribution in [0.2, 0.25) is 0 Å². The molecular formula is C16H24N2O3. The van der Waals surface area contributed by atoms with E-state index in [1.807, 2.05) is 0 Å². The first-order chi connectivity index (χ1) is 10.2. The summed E-state index contributed by atoms with van der Waals surface area (Å²) in [7, 11) is 3.75. The Labute approximate surface area is 126 Å². The van der Waals surface area contributed by atoms with Crippen LogP contribution in [0.3, 0.4) is 0 Å². The molecule has 0 saturated carbocycles. The van der Waals surface area contributed by atoms with Crippen LogP contribution < -0.4 is 9.47 Å². The molecule has 116 valence electrons. The van der Waals surface area contributed by atoms with E-state index in [9.17, 15) is 4.79 Å². The molecule has 0 atom stereocenters. The Morgan fingerprint density at radius 1 is 1.19 bits per heavy atom. The maximum absolute atomic E-state index is 10.7. The molecule has 0 radical (unpaired) electrons. The third-order valence-electron chi connectivity index (χ3n) is 3.80. The van der Waals surface area contributed by atoms with E-state index in [-0.39, 0.29) is 0 Å². The lowest BCUT2D eigenvalue weighted by Crippen LogP contribution is -2.44. The number of rotatable bonds is 7. The Kier molecular flexibility index (Phi) is 6.02. The molecule has 1 heterocycles. The first-order valence-electron chi connectivity index (χ1n) is 7.40. The maximum atomic E-state index is 10.7. The Morgan fingerprint density at radius 2 is 1.95 bits per heavy atom. The summed E-state index contributed by atoms with van der Waals surface area (Å²) in [6, 6.07) is 5.23. The first kappa shape index (κ1) is 15.8. The second kappa shape index (κ2) is 8.00. The van der Waals surface area contributed by atoms with Gasteiger partial charge in [0.2, 0.25) is 0 Å². The average Bonchev–Trinajstić information content (AvgIpc) is 2.53. The summed E-state index contributed by atoms with van der Waals surface area (Å²) in [4.78, 5) is 15.6. The number of ether oxygens (including phenoxy) is 2. The van der Waals surface area contributed by atoms with E-state index >= 15 is 0 Å². The van der Waals surface area contributed by atoms with E-state index in [0.29, 0.717) is 23.7 Å². The standard InChI is InChI=1S/C16H24N2O3/c1-17-7-9-18(10-8-17)6-3-11-21-15-5-4-14(13-19)12-16(15)20-2/h4-5,12-13H,3,6-11H2,1-2H3. The van der Waals surface area contributed by atoms with Crippen LogP contribution in [0.4, 0.5) is 0 Å². The van der Waals surface area contributed by atoms with Crippen LogP contribution >= 0.6 is 0 Å². The van der Waals surface area contributed by atoms with Gasteiger partial charge in [-0.2, -0.15) is 0 Å². The summed E-state index contributed by atoms with van der Waals surface area (Å²) in [5, 5.41) is 0. The Balaban J connectivity index is 1.74. The van der Waals surface area contributed by atoms with Gasteiger partial charge in [0.05, 0.1) is 13.7 Å². The molecule has 21 heavy (non-hydrogen) atoms. The van der Waals surface area contributed by atoms with E-state index in [1.54, 1.807) is 25.3 Å². The summed E-state index contributed by atoms with van der Waals surface area (Å²) in [6.07, 6.45) is 1.79. The van der Waals surface area contributed by atoms with E-state index in [0.717, 1.165) is 45.4 Å². The molecule has 0 unspecified atom stereocenters. The summed E-state index contributed by atoms with van der Waals surface area (Å²) in [5.41, 5.74) is 0.594. The highest BCUT2D eigenvalue weighted by molar-refractivity contribution is 5.76. The molecule has 0 spiro atoms. The van der Waals surface area contributed by atoms with Crippen LogP contribution in [0.5, 0.6) is 11.5 Å². The summed E-state index contributed by atoms with van der Waals surface area (Å²) in [6.45, 7) is 6.26. The minimum atomic E-state index is 0.594. The van der Waals surface area contributed by atoms with E-state index < -0.39 is 0 Å². The fourth-order valence-electron chi connectivity index (χ4n) is 2.42. The quantitative estimate of drug-likeness (QED) is 0.563. The molecule has 0 aliphatic carbocycles. The lowest BCUT2D eigenvalue weighted by Gasteiger charge is -2.32. The van der Waals surface area contributed by atoms with Crippen molar-refractivity contribution in [3.63, 3.8) is 0 Å². The highest BCUT2D eigenvalue weighted by atomic mass is 16.5. The number of likely N-dealkylation sites (N-methyl/N-ethyl adjacent to an activating group) is 1. The highest BCUT2D eigenvalue weighted by Gasteiger charge is 2.13. The Bertz CT molecular complexity index is 457. The van der Waals surface area contributed by atoms with Gasteiger partial charge in [-0.1, -0.05) is 0 Å². The summed E-state index contributed by atoms with van der Waals surface area (Å²) >= 11 is 0. The number of piperazine rings is 1. The van der Waals surface area contributed by atoms with Gasteiger partial charge in [0, 0.05) is 38.3 Å². The molecule has 0 amide bonds. The predicted molar refractivity (Wildman–Crippen MR) is 82.4 cm³/mol. The second-order valence-corrected chi connectivity index (χ2v) is 5.38. The number of benzene rings is 1. The molecule has 1 aliphatic heterocycles. The normalized spacial score (nSPS) is 16.7. The Hall–Kier alpha value is -1.59. The van der Waals surface area contributed by atoms with Gasteiger partial charge >= 0.3 is 0 Å². The molecule has 0 bridgehead atoms. The van der Waals surface area contributed by atoms with Crippen LogP contribution in [-0.2, 0) is 0 Å². The number of carbonyl (C=O) groups excluding carboxylic acids is 1. The molecule has 1 fully saturated rings. The number of nitrogens with zero attached hydrogens (tertiary/aromatic N) is 2. The van der Waals surface area contributed by atoms with Crippen molar-refractivity contribution in [2.24, 2.45) is 0 Å². The van der Waals surface area contributed by atoms with Gasteiger partial charge in [-0.25, -0.2) is 0 Å². The smallest absolute Gasteiger partial charge is 0.161 e. The second-order valence-electron chi connectivity index (χ2n) is 5.38. The van der Waals surface area contributed by atoms with Gasteiger partial charge in [0.25, 0.3) is 0 Å². The van der Waals surface area contributed by atoms with Crippen molar-refractivity contribution < 1.29 is 14.3 Å². The van der Waals surface area contributed by atoms with Crippen molar-refractivity contribution in [1.29, 1.82) is 0 Å². The lowest BCUT2D eigenvalue weighted by molar-refractivity contribution is 0.112. The average molecular weight is 292 g/mol. The van der Waals surface area contributed by atoms with E-state index in [4.69, 9.17) is 9.47 Å². The topological polar surface area (TPSA) is 42.0 Å². The minimum absolute atomic E-state index is 0.594. The molecule has 1 aliphatic rings.